The van der Waals surface area contributed by atoms with Crippen molar-refractivity contribution in [2.45, 2.75) is 31.2 Å². The van der Waals surface area contributed by atoms with E-state index in [1.165, 1.54) is 48.1 Å². The Morgan fingerprint density at radius 2 is 2.21 bits per heavy atom. The number of ether oxygens (including phenoxy) is 2. The fraction of sp³-hybridized carbons (Fsp3) is 0.600. The van der Waals surface area contributed by atoms with Gasteiger partial charge >= 0.3 is 0 Å². The van der Waals surface area contributed by atoms with E-state index in [-0.39, 0.29) is 0 Å². The summed E-state index contributed by atoms with van der Waals surface area (Å²) >= 11 is 0. The van der Waals surface area contributed by atoms with Gasteiger partial charge in [0.05, 0.1) is 7.11 Å². The third kappa shape index (κ3) is 1.99. The van der Waals surface area contributed by atoms with Crippen LogP contribution in [-0.2, 0) is 11.2 Å². The zero-order valence-electron chi connectivity index (χ0n) is 14.5. The summed E-state index contributed by atoms with van der Waals surface area (Å²) in [5.74, 6) is 3.28. The highest BCUT2D eigenvalue weighted by Crippen LogP contribution is 2.54. The first-order chi connectivity index (χ1) is 11.8. The van der Waals surface area contributed by atoms with E-state index in [1.54, 1.807) is 7.11 Å². The van der Waals surface area contributed by atoms with E-state index in [0.717, 1.165) is 30.6 Å². The molecule has 1 aliphatic carbocycles. The van der Waals surface area contributed by atoms with Crippen LogP contribution in [0.15, 0.2) is 18.2 Å². The Balaban J connectivity index is 1.57. The summed E-state index contributed by atoms with van der Waals surface area (Å²) in [5.41, 5.74) is 4.32. The second kappa shape index (κ2) is 5.50. The van der Waals surface area contributed by atoms with Crippen LogP contribution >= 0.6 is 0 Å². The minimum Gasteiger partial charge on any atom is -0.497 e. The lowest BCUT2D eigenvalue weighted by Gasteiger charge is -2.31. The zero-order valence-corrected chi connectivity index (χ0v) is 14.5. The third-order valence-electron chi connectivity index (χ3n) is 6.73. The maximum Gasteiger partial charge on any atom is 0.119 e. The number of aromatic amines is 1. The van der Waals surface area contributed by atoms with E-state index in [9.17, 15) is 0 Å². The molecular formula is C20H26N2O2. The zero-order chi connectivity index (χ0) is 16.3. The number of benzene rings is 1. The van der Waals surface area contributed by atoms with E-state index in [4.69, 9.17) is 9.47 Å². The van der Waals surface area contributed by atoms with Crippen molar-refractivity contribution < 1.29 is 9.47 Å². The van der Waals surface area contributed by atoms with E-state index >= 15 is 0 Å². The summed E-state index contributed by atoms with van der Waals surface area (Å²) in [6.07, 6.45) is 3.70. The van der Waals surface area contributed by atoms with Crippen LogP contribution < -0.4 is 4.74 Å². The van der Waals surface area contributed by atoms with Crippen LogP contribution in [0.2, 0.25) is 0 Å². The molecule has 24 heavy (non-hydrogen) atoms. The molecule has 1 saturated carbocycles. The second-order valence-corrected chi connectivity index (χ2v) is 7.71. The van der Waals surface area contributed by atoms with Crippen LogP contribution in [0.1, 0.15) is 30.0 Å². The molecule has 4 atom stereocenters. The fourth-order valence-corrected chi connectivity index (χ4v) is 5.78. The standard InChI is InChI=1S/C20H26N2O2/c1-23-8-6-14-12-9-17-19-15(5-7-22(11-12)20(14)17)16-10-13(24-2)3-4-18(16)21-19/h3-4,10,12,14,17,20-21H,5-9,11H2,1-2H3/t12-,14?,17+,20+/m1/s1. The Kier molecular flexibility index (Phi) is 3.39. The number of nitrogens with one attached hydrogen (secondary N) is 1. The monoisotopic (exact) mass is 326 g/mol. The highest BCUT2D eigenvalue weighted by Gasteiger charge is 2.54. The van der Waals surface area contributed by atoms with Gasteiger partial charge in [-0.1, -0.05) is 0 Å². The molecule has 3 heterocycles. The maximum absolute atomic E-state index is 5.45. The van der Waals surface area contributed by atoms with Crippen molar-refractivity contribution in [3.05, 3.63) is 29.5 Å². The average Bonchev–Trinajstić information content (AvgIpc) is 3.24. The van der Waals surface area contributed by atoms with Crippen molar-refractivity contribution in [3.8, 4) is 5.75 Å². The highest BCUT2D eigenvalue weighted by atomic mass is 16.5. The topological polar surface area (TPSA) is 37.5 Å². The molecule has 1 N–H and O–H groups in total. The van der Waals surface area contributed by atoms with Crippen LogP contribution in [0, 0.1) is 11.8 Å². The first-order valence-electron chi connectivity index (χ1n) is 9.21. The second-order valence-electron chi connectivity index (χ2n) is 7.71. The van der Waals surface area contributed by atoms with Gasteiger partial charge in [-0.25, -0.2) is 0 Å². The average molecular weight is 326 g/mol. The molecule has 3 aliphatic rings. The summed E-state index contributed by atoms with van der Waals surface area (Å²) in [7, 11) is 3.58. The molecule has 2 fully saturated rings. The predicted molar refractivity (Wildman–Crippen MR) is 94.7 cm³/mol. The van der Waals surface area contributed by atoms with Gasteiger partial charge in [0.25, 0.3) is 0 Å². The van der Waals surface area contributed by atoms with Gasteiger partial charge < -0.3 is 14.5 Å². The Hall–Kier alpha value is -1.52. The first-order valence-corrected chi connectivity index (χ1v) is 9.21. The summed E-state index contributed by atoms with van der Waals surface area (Å²) in [6, 6.07) is 7.16. The molecule has 128 valence electrons. The van der Waals surface area contributed by atoms with Crippen molar-refractivity contribution in [1.29, 1.82) is 0 Å². The normalized spacial score (nSPS) is 31.4. The van der Waals surface area contributed by atoms with Gasteiger partial charge in [-0.05, 0) is 54.9 Å². The molecule has 4 nitrogen and oxygen atoms in total. The lowest BCUT2D eigenvalue weighted by Crippen LogP contribution is -2.37. The van der Waals surface area contributed by atoms with E-state index < -0.39 is 0 Å². The van der Waals surface area contributed by atoms with E-state index in [0.29, 0.717) is 12.0 Å². The summed E-state index contributed by atoms with van der Waals surface area (Å²) in [5, 5.41) is 1.36. The Labute approximate surface area is 143 Å². The Morgan fingerprint density at radius 1 is 1.29 bits per heavy atom. The molecule has 1 aromatic carbocycles. The highest BCUT2D eigenvalue weighted by molar-refractivity contribution is 5.86. The summed E-state index contributed by atoms with van der Waals surface area (Å²) in [6.45, 7) is 3.38. The molecule has 0 spiro atoms. The molecule has 1 aromatic heterocycles. The maximum atomic E-state index is 5.45. The number of piperidine rings is 1. The van der Waals surface area contributed by atoms with Gasteiger partial charge in [0, 0.05) is 55.4 Å². The lowest BCUT2D eigenvalue weighted by atomic mass is 9.92. The molecule has 4 heteroatoms. The van der Waals surface area contributed by atoms with Gasteiger partial charge in [0.15, 0.2) is 0 Å². The number of H-pyrrole nitrogens is 1. The molecular weight excluding hydrogens is 300 g/mol. The van der Waals surface area contributed by atoms with Crippen molar-refractivity contribution in [1.82, 2.24) is 9.88 Å². The smallest absolute Gasteiger partial charge is 0.119 e. The largest absolute Gasteiger partial charge is 0.497 e. The molecule has 2 aliphatic heterocycles. The minimum absolute atomic E-state index is 0.668. The number of fused-ring (bicyclic) bond motifs is 5. The van der Waals surface area contributed by atoms with Gasteiger partial charge in [0.2, 0.25) is 0 Å². The van der Waals surface area contributed by atoms with E-state index in [1.807, 2.05) is 7.11 Å². The Morgan fingerprint density at radius 3 is 3.04 bits per heavy atom. The first kappa shape index (κ1) is 14.8. The van der Waals surface area contributed by atoms with Crippen molar-refractivity contribution >= 4 is 10.9 Å². The molecule has 0 radical (unpaired) electrons. The molecule has 1 saturated heterocycles. The van der Waals surface area contributed by atoms with Crippen LogP contribution in [-0.4, -0.2) is 49.8 Å². The molecule has 2 bridgehead atoms. The Bertz CT molecular complexity index is 768. The third-order valence-corrected chi connectivity index (χ3v) is 6.73. The van der Waals surface area contributed by atoms with Crippen LogP contribution in [0.4, 0.5) is 0 Å². The summed E-state index contributed by atoms with van der Waals surface area (Å²) in [4.78, 5) is 6.55. The van der Waals surface area contributed by atoms with Crippen LogP contribution in [0.3, 0.4) is 0 Å². The number of hydrogen-bond acceptors (Lipinski definition) is 3. The molecule has 0 amide bonds. The van der Waals surface area contributed by atoms with Crippen LogP contribution in [0.25, 0.3) is 10.9 Å². The quantitative estimate of drug-likeness (QED) is 0.938. The minimum atomic E-state index is 0.668. The van der Waals surface area contributed by atoms with Gasteiger partial charge in [0.1, 0.15) is 5.75 Å². The van der Waals surface area contributed by atoms with Crippen LogP contribution in [0.5, 0.6) is 5.75 Å². The van der Waals surface area contributed by atoms with Crippen molar-refractivity contribution in [3.63, 3.8) is 0 Å². The summed E-state index contributed by atoms with van der Waals surface area (Å²) < 4.78 is 10.8. The number of rotatable bonds is 4. The predicted octanol–water partition coefficient (Wildman–Crippen LogP) is 3.17. The van der Waals surface area contributed by atoms with Crippen molar-refractivity contribution in [2.75, 3.05) is 33.9 Å². The number of methoxy groups -OCH3 is 2. The number of hydrogen-bond donors (Lipinski definition) is 1. The van der Waals surface area contributed by atoms with Gasteiger partial charge in [-0.3, -0.25) is 4.90 Å². The van der Waals surface area contributed by atoms with Crippen molar-refractivity contribution in [2.24, 2.45) is 11.8 Å². The molecule has 2 aromatic rings. The SMILES string of the molecule is COCCC1[C@@H]2C[C@H]3c4[nH]c5ccc(OC)cc5c4CCN(C2)[C@@H]13. The van der Waals surface area contributed by atoms with E-state index in [2.05, 4.69) is 28.1 Å². The lowest BCUT2D eigenvalue weighted by molar-refractivity contribution is 0.157. The molecule has 1 unspecified atom stereocenters. The van der Waals surface area contributed by atoms with Gasteiger partial charge in [-0.2, -0.15) is 0 Å². The van der Waals surface area contributed by atoms with Gasteiger partial charge in [-0.15, -0.1) is 0 Å². The fourth-order valence-electron chi connectivity index (χ4n) is 5.78. The number of nitrogens with zero attached hydrogens (tertiary/aromatic N) is 1. The molecule has 5 rings (SSSR count). The number of aromatic nitrogens is 1.